The number of hydrogen-bond donors (Lipinski definition) is 3. The van der Waals surface area contributed by atoms with Gasteiger partial charge in [0.1, 0.15) is 0 Å². The fraction of sp³-hybridized carbons (Fsp3) is 0.304. The number of rotatable bonds is 8. The van der Waals surface area contributed by atoms with Crippen LogP contribution in [0.4, 0.5) is 17.1 Å². The number of ether oxygens (including phenoxy) is 1. The summed E-state index contributed by atoms with van der Waals surface area (Å²) in [5.41, 5.74) is 2.71. The van der Waals surface area contributed by atoms with Crippen LogP contribution in [0.3, 0.4) is 0 Å². The maximum absolute atomic E-state index is 12.9. The average molecular weight is 803 g/mol. The molecule has 182 valence electrons. The summed E-state index contributed by atoms with van der Waals surface area (Å²) in [5, 5.41) is 8.10. The molecule has 0 bridgehead atoms. The lowest BCUT2D eigenvalue weighted by Gasteiger charge is -2.19. The maximum atomic E-state index is 12.9. The van der Waals surface area contributed by atoms with Gasteiger partial charge in [0.15, 0.2) is 6.61 Å². The van der Waals surface area contributed by atoms with E-state index < -0.39 is 18.5 Å². The van der Waals surface area contributed by atoms with Crippen molar-refractivity contribution in [3.63, 3.8) is 0 Å². The predicted molar refractivity (Wildman–Crippen MR) is 157 cm³/mol. The van der Waals surface area contributed by atoms with E-state index in [-0.39, 0.29) is 17.4 Å². The Bertz CT molecular complexity index is 1080. The second kappa shape index (κ2) is 13.0. The van der Waals surface area contributed by atoms with E-state index in [1.807, 2.05) is 92.0 Å². The van der Waals surface area contributed by atoms with Gasteiger partial charge >= 0.3 is 5.97 Å². The lowest BCUT2D eigenvalue weighted by molar-refractivity contribution is -0.119. The van der Waals surface area contributed by atoms with Gasteiger partial charge in [-0.3, -0.25) is 14.4 Å². The van der Waals surface area contributed by atoms with Crippen molar-refractivity contribution in [3.8, 4) is 0 Å². The molecule has 1 atom stereocenters. The van der Waals surface area contributed by atoms with E-state index in [2.05, 4.69) is 29.8 Å². The van der Waals surface area contributed by atoms with Crippen LogP contribution in [-0.2, 0) is 19.1 Å². The van der Waals surface area contributed by atoms with Gasteiger partial charge in [-0.2, -0.15) is 0 Å². The molecule has 0 radical (unpaired) electrons. The molecule has 2 aromatic rings. The number of amides is 3. The average Bonchev–Trinajstić information content (AvgIpc) is 2.78. The predicted octanol–water partition coefficient (Wildman–Crippen LogP) is 5.73. The van der Waals surface area contributed by atoms with Crippen molar-refractivity contribution >= 4 is 109 Å². The molecule has 0 fully saturated rings. The summed E-state index contributed by atoms with van der Waals surface area (Å²) in [6.45, 7) is 6.45. The Morgan fingerprint density at radius 2 is 1.35 bits per heavy atom. The Labute approximate surface area is 239 Å². The van der Waals surface area contributed by atoms with Crippen molar-refractivity contribution in [1.29, 1.82) is 0 Å². The summed E-state index contributed by atoms with van der Waals surface area (Å²) in [5.74, 6) is -1.46. The normalized spacial score (nSPS) is 11.4. The fourth-order valence-corrected chi connectivity index (χ4v) is 7.09. The molecule has 2 rings (SSSR count). The van der Waals surface area contributed by atoms with E-state index >= 15 is 0 Å². The highest BCUT2D eigenvalue weighted by atomic mass is 127. The lowest BCUT2D eigenvalue weighted by atomic mass is 9.99. The number of hydrogen-bond acceptors (Lipinski definition) is 5. The van der Waals surface area contributed by atoms with Crippen LogP contribution in [-0.4, -0.2) is 30.3 Å². The highest BCUT2D eigenvalue weighted by Gasteiger charge is 2.27. The molecule has 0 spiro atoms. The van der Waals surface area contributed by atoms with Crippen molar-refractivity contribution in [2.24, 2.45) is 0 Å². The molecule has 0 aliphatic heterocycles. The minimum absolute atomic E-state index is 0.153. The largest absolute Gasteiger partial charge is 0.452 e. The maximum Gasteiger partial charge on any atom is 0.340 e. The van der Waals surface area contributed by atoms with Gasteiger partial charge in [0.05, 0.1) is 27.6 Å². The molecule has 8 nitrogen and oxygen atoms in total. The van der Waals surface area contributed by atoms with Crippen molar-refractivity contribution in [1.82, 2.24) is 0 Å². The molecule has 11 heteroatoms. The van der Waals surface area contributed by atoms with Crippen LogP contribution in [0.2, 0.25) is 0 Å². The van der Waals surface area contributed by atoms with Crippen LogP contribution in [0.25, 0.3) is 0 Å². The first-order chi connectivity index (χ1) is 16.0. The Morgan fingerprint density at radius 3 is 1.79 bits per heavy atom. The van der Waals surface area contributed by atoms with Gasteiger partial charge in [-0.1, -0.05) is 26.0 Å². The van der Waals surface area contributed by atoms with E-state index in [9.17, 15) is 19.2 Å². The third-order valence-electron chi connectivity index (χ3n) is 4.83. The van der Waals surface area contributed by atoms with Crippen LogP contribution in [0, 0.1) is 10.7 Å². The van der Waals surface area contributed by atoms with Crippen LogP contribution < -0.4 is 16.0 Å². The van der Waals surface area contributed by atoms with Gasteiger partial charge in [-0.25, -0.2) is 4.79 Å². The van der Waals surface area contributed by atoms with Crippen LogP contribution in [0.15, 0.2) is 24.3 Å². The van der Waals surface area contributed by atoms with Crippen molar-refractivity contribution < 1.29 is 23.9 Å². The first-order valence-electron chi connectivity index (χ1n) is 10.3. The topological polar surface area (TPSA) is 114 Å². The van der Waals surface area contributed by atoms with Gasteiger partial charge in [0.25, 0.3) is 5.91 Å². The van der Waals surface area contributed by atoms with E-state index in [1.54, 1.807) is 0 Å². The van der Waals surface area contributed by atoms with Crippen LogP contribution in [0.5, 0.6) is 0 Å². The molecule has 0 aliphatic carbocycles. The Hall–Kier alpha value is -1.49. The number of anilines is 3. The molecule has 0 aromatic heterocycles. The zero-order chi connectivity index (χ0) is 25.6. The molecule has 2 aromatic carbocycles. The second-order valence-corrected chi connectivity index (χ2v) is 10.7. The third kappa shape index (κ3) is 7.50. The molecule has 3 N–H and O–H groups in total. The quantitative estimate of drug-likeness (QED) is 0.234. The van der Waals surface area contributed by atoms with Gasteiger partial charge in [-0.05, 0) is 97.8 Å². The van der Waals surface area contributed by atoms with Crippen molar-refractivity contribution in [3.05, 3.63) is 46.1 Å². The molecule has 34 heavy (non-hydrogen) atoms. The standard InChI is InChI=1S/C23H24I3N3O5/c1-5-11(2)14-6-8-15(9-7-14)29-16(32)10-34-23(33)17-18(24)21(27-12(3)30)20(26)22(19(17)25)28-13(4)31/h6-9,11H,5,10H2,1-4H3,(H,27,30)(H,28,31)(H,29,32)/t11-/m1/s1. The number of carbonyl (C=O) groups excluding carboxylic acids is 4. The second-order valence-electron chi connectivity index (χ2n) is 7.48. The van der Waals surface area contributed by atoms with Gasteiger partial charge in [0.2, 0.25) is 11.8 Å². The van der Waals surface area contributed by atoms with Crippen molar-refractivity contribution in [2.45, 2.75) is 40.0 Å². The molecule has 3 amide bonds. The van der Waals surface area contributed by atoms with Gasteiger partial charge < -0.3 is 20.7 Å². The van der Waals surface area contributed by atoms with Gasteiger partial charge in [0, 0.05) is 19.5 Å². The smallest absolute Gasteiger partial charge is 0.340 e. The molecular formula is C23H24I3N3O5. The SMILES string of the molecule is CC[C@@H](C)c1ccc(NC(=O)COC(=O)c2c(I)c(NC(C)=O)c(I)c(NC(C)=O)c2I)cc1. The highest BCUT2D eigenvalue weighted by Crippen LogP contribution is 2.39. The zero-order valence-electron chi connectivity index (χ0n) is 19.0. The molecule has 0 saturated carbocycles. The molecular weight excluding hydrogens is 779 g/mol. The van der Waals surface area contributed by atoms with Crippen LogP contribution >= 0.6 is 67.8 Å². The van der Waals surface area contributed by atoms with E-state index in [0.717, 1.165) is 6.42 Å². The Kier molecular flexibility index (Phi) is 11.0. The summed E-state index contributed by atoms with van der Waals surface area (Å²) in [6, 6.07) is 7.54. The molecule has 0 unspecified atom stereocenters. The Balaban J connectivity index is 2.22. The number of nitrogens with one attached hydrogen (secondary N) is 3. The first kappa shape index (κ1) is 28.7. The monoisotopic (exact) mass is 803 g/mol. The molecule has 0 saturated heterocycles. The van der Waals surface area contributed by atoms with E-state index in [1.165, 1.54) is 19.4 Å². The number of esters is 1. The van der Waals surface area contributed by atoms with E-state index in [0.29, 0.717) is 33.7 Å². The van der Waals surface area contributed by atoms with E-state index in [4.69, 9.17) is 4.74 Å². The highest BCUT2D eigenvalue weighted by molar-refractivity contribution is 14.1. The molecule has 0 heterocycles. The summed E-state index contributed by atoms with van der Waals surface area (Å²) in [6.07, 6.45) is 1.02. The summed E-state index contributed by atoms with van der Waals surface area (Å²) in [7, 11) is 0. The number of benzene rings is 2. The summed E-state index contributed by atoms with van der Waals surface area (Å²) in [4.78, 5) is 48.7. The zero-order valence-corrected chi connectivity index (χ0v) is 25.4. The summed E-state index contributed by atoms with van der Waals surface area (Å²) >= 11 is 5.88. The van der Waals surface area contributed by atoms with Crippen molar-refractivity contribution in [2.75, 3.05) is 22.6 Å². The number of halogens is 3. The minimum Gasteiger partial charge on any atom is -0.452 e. The first-order valence-corrected chi connectivity index (χ1v) is 13.5. The fourth-order valence-electron chi connectivity index (χ4n) is 2.95. The summed E-state index contributed by atoms with van der Waals surface area (Å²) < 4.78 is 6.74. The molecule has 0 aliphatic rings. The number of carbonyl (C=O) groups is 4. The van der Waals surface area contributed by atoms with Gasteiger partial charge in [-0.15, -0.1) is 0 Å². The third-order valence-corrected chi connectivity index (χ3v) is 8.07. The minimum atomic E-state index is -0.745. The lowest BCUT2D eigenvalue weighted by Crippen LogP contribution is -2.23. The van der Waals surface area contributed by atoms with Crippen LogP contribution in [0.1, 0.15) is 56.0 Å². The Morgan fingerprint density at radius 1 is 0.853 bits per heavy atom.